The predicted octanol–water partition coefficient (Wildman–Crippen LogP) is 3.69. The van der Waals surface area contributed by atoms with Gasteiger partial charge in [0.1, 0.15) is 11.4 Å². The lowest BCUT2D eigenvalue weighted by Crippen LogP contribution is -2.41. The Morgan fingerprint density at radius 1 is 1.32 bits per heavy atom. The maximum atomic E-state index is 12.3. The number of H-pyrrole nitrogens is 1. The number of benzene rings is 1. The highest BCUT2D eigenvalue weighted by Crippen LogP contribution is 2.28. The van der Waals surface area contributed by atoms with E-state index in [0.717, 1.165) is 12.8 Å². The highest BCUT2D eigenvalue weighted by atomic mass is 35.5. The van der Waals surface area contributed by atoms with Crippen molar-refractivity contribution in [1.29, 1.82) is 0 Å². The molecule has 7 heteroatoms. The molecule has 0 aliphatic carbocycles. The van der Waals surface area contributed by atoms with Crippen molar-refractivity contribution >= 4 is 28.6 Å². The molecule has 1 aromatic carbocycles. The summed E-state index contributed by atoms with van der Waals surface area (Å²) in [6, 6.07) is 5.17. The number of fused-ring (bicyclic) bond motifs is 1. The van der Waals surface area contributed by atoms with Gasteiger partial charge in [0.25, 0.3) is 5.56 Å². The molecule has 0 saturated carbocycles. The van der Waals surface area contributed by atoms with E-state index in [-0.39, 0.29) is 17.6 Å². The molecule has 1 N–H and O–H groups in total. The number of carbonyl (C=O) groups is 1. The minimum Gasteiger partial charge on any atom is -0.444 e. The molecule has 2 heterocycles. The first-order valence-corrected chi connectivity index (χ1v) is 8.79. The normalized spacial score (nSPS) is 16.2. The van der Waals surface area contributed by atoms with E-state index in [1.165, 1.54) is 0 Å². The van der Waals surface area contributed by atoms with Crippen LogP contribution in [0.4, 0.5) is 4.79 Å². The fourth-order valence-electron chi connectivity index (χ4n) is 3.00. The number of hydrogen-bond acceptors (Lipinski definition) is 4. The van der Waals surface area contributed by atoms with E-state index in [1.54, 1.807) is 23.1 Å². The third kappa shape index (κ3) is 3.95. The van der Waals surface area contributed by atoms with Crippen molar-refractivity contribution in [2.24, 2.45) is 0 Å². The van der Waals surface area contributed by atoms with Crippen LogP contribution in [0, 0.1) is 0 Å². The number of halogens is 1. The number of piperidine rings is 1. The number of likely N-dealkylation sites (tertiary alicyclic amines) is 1. The Bertz CT molecular complexity index is 849. The number of nitrogens with zero attached hydrogens (tertiary/aromatic N) is 2. The van der Waals surface area contributed by atoms with Gasteiger partial charge in [0, 0.05) is 19.0 Å². The monoisotopic (exact) mass is 363 g/mol. The molecule has 0 atom stereocenters. The number of aromatic nitrogens is 2. The molecule has 0 unspecified atom stereocenters. The third-order valence-corrected chi connectivity index (χ3v) is 4.54. The molecule has 6 nitrogen and oxygen atoms in total. The van der Waals surface area contributed by atoms with Crippen molar-refractivity contribution in [2.75, 3.05) is 13.1 Å². The smallest absolute Gasteiger partial charge is 0.410 e. The Labute approximate surface area is 151 Å². The molecule has 1 amide bonds. The van der Waals surface area contributed by atoms with Crippen molar-refractivity contribution in [2.45, 2.75) is 45.1 Å². The second-order valence-electron chi connectivity index (χ2n) is 7.33. The van der Waals surface area contributed by atoms with Crippen LogP contribution in [0.3, 0.4) is 0 Å². The van der Waals surface area contributed by atoms with E-state index in [4.69, 9.17) is 16.3 Å². The fourth-order valence-corrected chi connectivity index (χ4v) is 3.22. The Morgan fingerprint density at radius 2 is 2.00 bits per heavy atom. The van der Waals surface area contributed by atoms with Crippen LogP contribution >= 0.6 is 11.6 Å². The highest BCUT2D eigenvalue weighted by molar-refractivity contribution is 6.34. The summed E-state index contributed by atoms with van der Waals surface area (Å²) in [5.41, 5.74) is -0.162. The zero-order valence-electron chi connectivity index (χ0n) is 14.6. The Kier molecular flexibility index (Phi) is 4.73. The molecule has 134 valence electrons. The van der Waals surface area contributed by atoms with Crippen molar-refractivity contribution in [1.82, 2.24) is 14.9 Å². The molecule has 2 aromatic rings. The van der Waals surface area contributed by atoms with Gasteiger partial charge in [-0.15, -0.1) is 0 Å². The lowest BCUT2D eigenvalue weighted by Gasteiger charge is -2.33. The Balaban J connectivity index is 1.75. The van der Waals surface area contributed by atoms with Crippen LogP contribution in [0.5, 0.6) is 0 Å². The fraction of sp³-hybridized carbons (Fsp3) is 0.500. The maximum Gasteiger partial charge on any atom is 0.410 e. The number of hydrogen-bond donors (Lipinski definition) is 1. The molecule has 0 bridgehead atoms. The van der Waals surface area contributed by atoms with Gasteiger partial charge in [-0.1, -0.05) is 17.7 Å². The first kappa shape index (κ1) is 17.7. The van der Waals surface area contributed by atoms with Gasteiger partial charge in [0.15, 0.2) is 0 Å². The second-order valence-corrected chi connectivity index (χ2v) is 7.74. The summed E-state index contributed by atoms with van der Waals surface area (Å²) in [5.74, 6) is 0.724. The van der Waals surface area contributed by atoms with Crippen LogP contribution in [0.15, 0.2) is 23.0 Å². The molecule has 1 aliphatic rings. The minimum absolute atomic E-state index is 0.0899. The number of ether oxygens (including phenoxy) is 1. The molecule has 3 rings (SSSR count). The van der Waals surface area contributed by atoms with E-state index >= 15 is 0 Å². The average molecular weight is 364 g/mol. The molecule has 25 heavy (non-hydrogen) atoms. The van der Waals surface area contributed by atoms with Crippen LogP contribution in [-0.4, -0.2) is 39.7 Å². The number of para-hydroxylation sites is 1. The van der Waals surface area contributed by atoms with Gasteiger partial charge in [-0.25, -0.2) is 9.78 Å². The first-order valence-electron chi connectivity index (χ1n) is 8.41. The molecule has 1 aliphatic heterocycles. The SMILES string of the molecule is CC(C)(C)OC(=O)N1CCC(c2nc3c(Cl)cccc3c(=O)[nH]2)CC1. The molecule has 1 saturated heterocycles. The summed E-state index contributed by atoms with van der Waals surface area (Å²) >= 11 is 6.18. The number of carbonyl (C=O) groups excluding carboxylic acids is 1. The van der Waals surface area contributed by atoms with Crippen LogP contribution in [0.25, 0.3) is 10.9 Å². The third-order valence-electron chi connectivity index (χ3n) is 4.24. The lowest BCUT2D eigenvalue weighted by molar-refractivity contribution is 0.0203. The minimum atomic E-state index is -0.504. The summed E-state index contributed by atoms with van der Waals surface area (Å²) in [4.78, 5) is 33.6. The van der Waals surface area contributed by atoms with Crippen molar-refractivity contribution in [3.63, 3.8) is 0 Å². The molecule has 1 fully saturated rings. The van der Waals surface area contributed by atoms with E-state index in [9.17, 15) is 9.59 Å². The zero-order valence-corrected chi connectivity index (χ0v) is 15.4. The van der Waals surface area contributed by atoms with E-state index < -0.39 is 5.60 Å². The molecule has 0 spiro atoms. The summed E-state index contributed by atoms with van der Waals surface area (Å²) in [6.07, 6.45) is 1.14. The van der Waals surface area contributed by atoms with Gasteiger partial charge in [0.2, 0.25) is 0 Å². The summed E-state index contributed by atoms with van der Waals surface area (Å²) in [6.45, 7) is 6.70. The first-order chi connectivity index (χ1) is 11.7. The van der Waals surface area contributed by atoms with Gasteiger partial charge >= 0.3 is 6.09 Å². The van der Waals surface area contributed by atoms with Crippen LogP contribution in [-0.2, 0) is 4.74 Å². The maximum absolute atomic E-state index is 12.3. The zero-order chi connectivity index (χ0) is 18.2. The molecule has 0 radical (unpaired) electrons. The standard InChI is InChI=1S/C18H22ClN3O3/c1-18(2,3)25-17(24)22-9-7-11(8-10-22)15-20-14-12(16(23)21-15)5-4-6-13(14)19/h4-6,11H,7-10H2,1-3H3,(H,20,21,23). The summed E-state index contributed by atoms with van der Waals surface area (Å²) in [5, 5.41) is 0.957. The summed E-state index contributed by atoms with van der Waals surface area (Å²) in [7, 11) is 0. The van der Waals surface area contributed by atoms with Crippen molar-refractivity contribution < 1.29 is 9.53 Å². The quantitative estimate of drug-likeness (QED) is 0.838. The predicted molar refractivity (Wildman–Crippen MR) is 97.2 cm³/mol. The van der Waals surface area contributed by atoms with Gasteiger partial charge < -0.3 is 14.6 Å². The van der Waals surface area contributed by atoms with Gasteiger partial charge in [0.05, 0.1) is 15.9 Å². The van der Waals surface area contributed by atoms with Crippen molar-refractivity contribution in [3.05, 3.63) is 39.4 Å². The highest BCUT2D eigenvalue weighted by Gasteiger charge is 2.28. The van der Waals surface area contributed by atoms with Crippen LogP contribution in [0.1, 0.15) is 45.4 Å². The van der Waals surface area contributed by atoms with Gasteiger partial charge in [-0.3, -0.25) is 4.79 Å². The van der Waals surface area contributed by atoms with Gasteiger partial charge in [-0.05, 0) is 45.7 Å². The number of nitrogens with one attached hydrogen (secondary N) is 1. The van der Waals surface area contributed by atoms with E-state index in [1.807, 2.05) is 20.8 Å². The topological polar surface area (TPSA) is 75.3 Å². The Hall–Kier alpha value is -2.08. The summed E-state index contributed by atoms with van der Waals surface area (Å²) < 4.78 is 5.41. The Morgan fingerprint density at radius 3 is 2.64 bits per heavy atom. The molecule has 1 aromatic heterocycles. The number of rotatable bonds is 1. The van der Waals surface area contributed by atoms with Crippen molar-refractivity contribution in [3.8, 4) is 0 Å². The largest absolute Gasteiger partial charge is 0.444 e. The second kappa shape index (κ2) is 6.67. The number of aromatic amines is 1. The number of amides is 1. The average Bonchev–Trinajstić information content (AvgIpc) is 2.54. The lowest BCUT2D eigenvalue weighted by atomic mass is 9.96. The van der Waals surface area contributed by atoms with Crippen LogP contribution in [0.2, 0.25) is 5.02 Å². The van der Waals surface area contributed by atoms with E-state index in [0.29, 0.717) is 34.8 Å². The molecular weight excluding hydrogens is 342 g/mol. The van der Waals surface area contributed by atoms with Gasteiger partial charge in [-0.2, -0.15) is 0 Å². The van der Waals surface area contributed by atoms with Crippen LogP contribution < -0.4 is 5.56 Å². The van der Waals surface area contributed by atoms with E-state index in [2.05, 4.69) is 9.97 Å². The molecular formula is C18H22ClN3O3.